The predicted octanol–water partition coefficient (Wildman–Crippen LogP) is 0.345. The second kappa shape index (κ2) is 16.9. The summed E-state index contributed by atoms with van der Waals surface area (Å²) in [5.41, 5.74) is 0. The molecular formula is C15H26O8. The Kier molecular flexibility index (Phi) is 15.8. The van der Waals surface area contributed by atoms with Crippen molar-refractivity contribution < 1.29 is 38.0 Å². The molecule has 8 nitrogen and oxygen atoms in total. The lowest BCUT2D eigenvalue weighted by atomic mass is 10.5. The topological polar surface area (TPSA) is 89.5 Å². The van der Waals surface area contributed by atoms with Gasteiger partial charge in [0.05, 0.1) is 66.4 Å². The summed E-state index contributed by atoms with van der Waals surface area (Å²) in [6.07, 6.45) is 1.35. The predicted molar refractivity (Wildman–Crippen MR) is 81.1 cm³/mol. The van der Waals surface area contributed by atoms with Crippen LogP contribution in [0.2, 0.25) is 0 Å². The first kappa shape index (κ1) is 21.5. The van der Waals surface area contributed by atoms with Gasteiger partial charge >= 0.3 is 11.9 Å². The van der Waals surface area contributed by atoms with Gasteiger partial charge in [0.15, 0.2) is 0 Å². The quantitative estimate of drug-likeness (QED) is 0.227. The molecule has 23 heavy (non-hydrogen) atoms. The largest absolute Gasteiger partial charge is 0.469 e. The van der Waals surface area contributed by atoms with Crippen LogP contribution in [-0.2, 0) is 38.0 Å². The maximum Gasteiger partial charge on any atom is 0.330 e. The summed E-state index contributed by atoms with van der Waals surface area (Å²) >= 11 is 0. The van der Waals surface area contributed by atoms with Crippen molar-refractivity contribution in [3.8, 4) is 0 Å². The maximum absolute atomic E-state index is 10.8. The van der Waals surface area contributed by atoms with Crippen LogP contribution in [-0.4, -0.2) is 78.5 Å². The monoisotopic (exact) mass is 334 g/mol. The molecule has 0 heterocycles. The normalized spacial score (nSPS) is 10.3. The SMILES string of the molecule is C=CC(=O)OCCOCCOCCOCCOCCC(=O)OC. The van der Waals surface area contributed by atoms with Crippen molar-refractivity contribution in [2.24, 2.45) is 0 Å². The summed E-state index contributed by atoms with van der Waals surface area (Å²) in [7, 11) is 1.34. The van der Waals surface area contributed by atoms with Gasteiger partial charge in [-0.25, -0.2) is 4.79 Å². The molecule has 0 aromatic rings. The summed E-state index contributed by atoms with van der Waals surface area (Å²) in [6, 6.07) is 0. The van der Waals surface area contributed by atoms with Crippen LogP contribution in [0.15, 0.2) is 12.7 Å². The number of ether oxygens (including phenoxy) is 6. The molecule has 0 amide bonds. The Morgan fingerprint density at radius 2 is 1.22 bits per heavy atom. The molecular weight excluding hydrogens is 308 g/mol. The van der Waals surface area contributed by atoms with Crippen LogP contribution in [0.5, 0.6) is 0 Å². The fourth-order valence-electron chi connectivity index (χ4n) is 1.28. The Morgan fingerprint density at radius 1 is 0.783 bits per heavy atom. The standard InChI is InChI=1S/C15H26O8/c1-3-14(16)23-13-12-22-11-10-21-9-8-20-7-6-19-5-4-15(17)18-2/h3H,1,4-13H2,2H3. The molecule has 0 spiro atoms. The number of carbonyl (C=O) groups excluding carboxylic acids is 2. The van der Waals surface area contributed by atoms with Crippen molar-refractivity contribution in [3.05, 3.63) is 12.7 Å². The average molecular weight is 334 g/mol. The number of carbonyl (C=O) groups is 2. The number of rotatable bonds is 16. The highest BCUT2D eigenvalue weighted by atomic mass is 16.6. The molecule has 0 bridgehead atoms. The van der Waals surface area contributed by atoms with E-state index in [0.29, 0.717) is 52.9 Å². The van der Waals surface area contributed by atoms with Gasteiger partial charge in [-0.05, 0) is 0 Å². The van der Waals surface area contributed by atoms with E-state index in [2.05, 4.69) is 11.3 Å². The number of hydrogen-bond acceptors (Lipinski definition) is 8. The fourth-order valence-corrected chi connectivity index (χ4v) is 1.28. The molecule has 0 fully saturated rings. The summed E-state index contributed by atoms with van der Waals surface area (Å²) < 4.78 is 30.1. The zero-order valence-corrected chi connectivity index (χ0v) is 13.6. The highest BCUT2D eigenvalue weighted by Crippen LogP contribution is 1.87. The smallest absolute Gasteiger partial charge is 0.330 e. The summed E-state index contributed by atoms with van der Waals surface area (Å²) in [4.78, 5) is 21.5. The second-order valence-corrected chi connectivity index (χ2v) is 4.15. The molecule has 0 rings (SSSR count). The first-order valence-electron chi connectivity index (χ1n) is 7.37. The van der Waals surface area contributed by atoms with Crippen LogP contribution < -0.4 is 0 Å². The van der Waals surface area contributed by atoms with Crippen LogP contribution in [0, 0.1) is 0 Å². The Bertz CT molecular complexity index is 319. The van der Waals surface area contributed by atoms with E-state index in [-0.39, 0.29) is 19.0 Å². The van der Waals surface area contributed by atoms with Crippen molar-refractivity contribution in [1.29, 1.82) is 0 Å². The summed E-state index contributed by atoms with van der Waals surface area (Å²) in [6.45, 7) is 6.76. The molecule has 0 saturated heterocycles. The van der Waals surface area contributed by atoms with Crippen molar-refractivity contribution in [1.82, 2.24) is 0 Å². The van der Waals surface area contributed by atoms with Gasteiger partial charge in [-0.1, -0.05) is 6.58 Å². The molecule has 8 heteroatoms. The third-order valence-electron chi connectivity index (χ3n) is 2.43. The molecule has 0 aliphatic carbocycles. The van der Waals surface area contributed by atoms with Gasteiger partial charge in [-0.2, -0.15) is 0 Å². The van der Waals surface area contributed by atoms with Gasteiger partial charge in [-0.15, -0.1) is 0 Å². The minimum absolute atomic E-state index is 0.198. The molecule has 0 radical (unpaired) electrons. The highest BCUT2D eigenvalue weighted by Gasteiger charge is 1.99. The molecule has 0 unspecified atom stereocenters. The van der Waals surface area contributed by atoms with Crippen molar-refractivity contribution >= 4 is 11.9 Å². The van der Waals surface area contributed by atoms with Crippen LogP contribution in [0.1, 0.15) is 6.42 Å². The molecule has 0 saturated carbocycles. The Labute approximate surface area is 136 Å². The van der Waals surface area contributed by atoms with Crippen LogP contribution in [0.3, 0.4) is 0 Å². The van der Waals surface area contributed by atoms with Crippen molar-refractivity contribution in [2.45, 2.75) is 6.42 Å². The van der Waals surface area contributed by atoms with Gasteiger partial charge in [0.2, 0.25) is 0 Å². The summed E-state index contributed by atoms with van der Waals surface area (Å²) in [5, 5.41) is 0. The van der Waals surface area contributed by atoms with Crippen LogP contribution >= 0.6 is 0 Å². The molecule has 0 aromatic heterocycles. The van der Waals surface area contributed by atoms with Crippen molar-refractivity contribution in [3.63, 3.8) is 0 Å². The first-order chi connectivity index (χ1) is 11.2. The van der Waals surface area contributed by atoms with Crippen molar-refractivity contribution in [2.75, 3.05) is 66.6 Å². The fraction of sp³-hybridized carbons (Fsp3) is 0.733. The number of hydrogen-bond donors (Lipinski definition) is 0. The highest BCUT2D eigenvalue weighted by molar-refractivity contribution is 5.81. The van der Waals surface area contributed by atoms with Crippen LogP contribution in [0.4, 0.5) is 0 Å². The average Bonchev–Trinajstić information content (AvgIpc) is 2.57. The molecule has 134 valence electrons. The molecule has 0 N–H and O–H groups in total. The Hall–Kier alpha value is -1.48. The molecule has 0 atom stereocenters. The van der Waals surface area contributed by atoms with E-state index >= 15 is 0 Å². The van der Waals surface area contributed by atoms with Gasteiger partial charge in [0, 0.05) is 6.08 Å². The van der Waals surface area contributed by atoms with Crippen LogP contribution in [0.25, 0.3) is 0 Å². The molecule has 0 aliphatic heterocycles. The minimum Gasteiger partial charge on any atom is -0.469 e. The van der Waals surface area contributed by atoms with E-state index in [1.165, 1.54) is 7.11 Å². The summed E-state index contributed by atoms with van der Waals surface area (Å²) in [5.74, 6) is -0.753. The Morgan fingerprint density at radius 3 is 1.65 bits per heavy atom. The minimum atomic E-state index is -0.462. The first-order valence-corrected chi connectivity index (χ1v) is 7.37. The lowest BCUT2D eigenvalue weighted by Crippen LogP contribution is -2.14. The lowest BCUT2D eigenvalue weighted by Gasteiger charge is -2.07. The van der Waals surface area contributed by atoms with E-state index in [1.54, 1.807) is 0 Å². The number of methoxy groups -OCH3 is 1. The Balaban J connectivity index is 3.06. The molecule has 0 aromatic carbocycles. The van der Waals surface area contributed by atoms with Gasteiger partial charge in [0.25, 0.3) is 0 Å². The van der Waals surface area contributed by atoms with E-state index in [9.17, 15) is 9.59 Å². The third kappa shape index (κ3) is 16.7. The maximum atomic E-state index is 10.8. The van der Waals surface area contributed by atoms with E-state index in [1.807, 2.05) is 0 Å². The van der Waals surface area contributed by atoms with Gasteiger partial charge in [0.1, 0.15) is 6.61 Å². The zero-order chi connectivity index (χ0) is 17.2. The van der Waals surface area contributed by atoms with E-state index < -0.39 is 5.97 Å². The zero-order valence-electron chi connectivity index (χ0n) is 13.6. The second-order valence-electron chi connectivity index (χ2n) is 4.15. The van der Waals surface area contributed by atoms with Gasteiger partial charge < -0.3 is 28.4 Å². The third-order valence-corrected chi connectivity index (χ3v) is 2.43. The van der Waals surface area contributed by atoms with Gasteiger partial charge in [-0.3, -0.25) is 4.79 Å². The van der Waals surface area contributed by atoms with E-state index in [0.717, 1.165) is 6.08 Å². The van der Waals surface area contributed by atoms with E-state index in [4.69, 9.17) is 23.7 Å². The molecule has 0 aliphatic rings. The lowest BCUT2D eigenvalue weighted by molar-refractivity contribution is -0.142. The number of esters is 2.